The predicted molar refractivity (Wildman–Crippen MR) is 54.1 cm³/mol. The summed E-state index contributed by atoms with van der Waals surface area (Å²) in [6.45, 7) is 7.49. The fourth-order valence-corrected chi connectivity index (χ4v) is 1.95. The van der Waals surface area contributed by atoms with Gasteiger partial charge in [-0.2, -0.15) is 0 Å². The molecule has 1 aromatic carbocycles. The van der Waals surface area contributed by atoms with Gasteiger partial charge in [0.15, 0.2) is 0 Å². The van der Waals surface area contributed by atoms with Crippen molar-refractivity contribution in [2.75, 3.05) is 6.61 Å². The molecule has 70 valence electrons. The molecule has 0 aliphatic carbocycles. The average Bonchev–Trinajstić information content (AvgIpc) is 2.79. The lowest BCUT2D eigenvalue weighted by Gasteiger charge is -2.09. The van der Waals surface area contributed by atoms with Gasteiger partial charge in [0.2, 0.25) is 0 Å². The van der Waals surface area contributed by atoms with Crippen LogP contribution in [0.2, 0.25) is 0 Å². The van der Waals surface area contributed by atoms with Crippen molar-refractivity contribution in [2.24, 2.45) is 0 Å². The van der Waals surface area contributed by atoms with E-state index in [0.717, 1.165) is 13.0 Å². The van der Waals surface area contributed by atoms with Gasteiger partial charge in [-0.05, 0) is 37.5 Å². The molecule has 0 amide bonds. The van der Waals surface area contributed by atoms with Crippen LogP contribution in [0.3, 0.4) is 0 Å². The Hall–Kier alpha value is -0.820. The van der Waals surface area contributed by atoms with Gasteiger partial charge in [0, 0.05) is 6.42 Å². The second kappa shape index (κ2) is 3.15. The minimum atomic E-state index is 0.500. The van der Waals surface area contributed by atoms with Crippen molar-refractivity contribution in [1.29, 1.82) is 0 Å². The number of epoxide rings is 1. The first-order valence-electron chi connectivity index (χ1n) is 4.85. The number of benzene rings is 1. The van der Waals surface area contributed by atoms with Crippen molar-refractivity contribution in [2.45, 2.75) is 33.3 Å². The largest absolute Gasteiger partial charge is 0.373 e. The van der Waals surface area contributed by atoms with Crippen LogP contribution in [-0.2, 0) is 11.2 Å². The standard InChI is InChI=1S/C12H16O/c1-8-4-9(2)12(10(3)5-8)6-11-7-13-11/h4-5,11H,6-7H2,1-3H3/t11-/m0/s1. The lowest BCUT2D eigenvalue weighted by molar-refractivity contribution is 0.407. The first-order valence-corrected chi connectivity index (χ1v) is 4.85. The first kappa shape index (κ1) is 8.76. The molecule has 0 bridgehead atoms. The van der Waals surface area contributed by atoms with Crippen LogP contribution in [0.5, 0.6) is 0 Å². The van der Waals surface area contributed by atoms with E-state index >= 15 is 0 Å². The van der Waals surface area contributed by atoms with Crippen LogP contribution in [0, 0.1) is 20.8 Å². The summed E-state index contributed by atoms with van der Waals surface area (Å²) in [4.78, 5) is 0. The molecule has 1 aliphatic rings. The zero-order chi connectivity index (χ0) is 9.42. The zero-order valence-electron chi connectivity index (χ0n) is 8.55. The van der Waals surface area contributed by atoms with Gasteiger partial charge in [-0.25, -0.2) is 0 Å². The SMILES string of the molecule is Cc1cc(C)c(C[C@H]2CO2)c(C)c1. The summed E-state index contributed by atoms with van der Waals surface area (Å²) in [6.07, 6.45) is 1.60. The van der Waals surface area contributed by atoms with Crippen LogP contribution in [-0.4, -0.2) is 12.7 Å². The highest BCUT2D eigenvalue weighted by Crippen LogP contribution is 2.22. The van der Waals surface area contributed by atoms with Gasteiger partial charge in [0.25, 0.3) is 0 Å². The highest BCUT2D eigenvalue weighted by atomic mass is 16.6. The second-order valence-electron chi connectivity index (χ2n) is 4.04. The van der Waals surface area contributed by atoms with Gasteiger partial charge in [-0.1, -0.05) is 17.7 Å². The Labute approximate surface area is 79.7 Å². The Morgan fingerprint density at radius 2 is 1.77 bits per heavy atom. The van der Waals surface area contributed by atoms with Gasteiger partial charge in [0.05, 0.1) is 12.7 Å². The topological polar surface area (TPSA) is 12.5 Å². The van der Waals surface area contributed by atoms with Crippen LogP contribution < -0.4 is 0 Å². The zero-order valence-corrected chi connectivity index (χ0v) is 8.55. The average molecular weight is 176 g/mol. The molecule has 0 unspecified atom stereocenters. The molecule has 13 heavy (non-hydrogen) atoms. The summed E-state index contributed by atoms with van der Waals surface area (Å²) in [7, 11) is 0. The summed E-state index contributed by atoms with van der Waals surface area (Å²) in [5.41, 5.74) is 5.66. The van der Waals surface area contributed by atoms with E-state index in [1.54, 1.807) is 0 Å². The highest BCUT2D eigenvalue weighted by molar-refractivity contribution is 5.38. The fourth-order valence-electron chi connectivity index (χ4n) is 1.95. The summed E-state index contributed by atoms with van der Waals surface area (Å²) >= 11 is 0. The van der Waals surface area contributed by atoms with Crippen molar-refractivity contribution in [1.82, 2.24) is 0 Å². The van der Waals surface area contributed by atoms with Crippen molar-refractivity contribution in [3.05, 3.63) is 34.4 Å². The second-order valence-corrected chi connectivity index (χ2v) is 4.04. The van der Waals surface area contributed by atoms with Gasteiger partial charge in [0.1, 0.15) is 0 Å². The fraction of sp³-hybridized carbons (Fsp3) is 0.500. The Balaban J connectivity index is 2.31. The third kappa shape index (κ3) is 1.92. The van der Waals surface area contributed by atoms with Gasteiger partial charge in [-0.15, -0.1) is 0 Å². The quantitative estimate of drug-likeness (QED) is 0.631. The lowest BCUT2D eigenvalue weighted by Crippen LogP contribution is -1.99. The molecule has 0 saturated carbocycles. The van der Waals surface area contributed by atoms with E-state index in [9.17, 15) is 0 Å². The number of rotatable bonds is 2. The minimum absolute atomic E-state index is 0.500. The highest BCUT2D eigenvalue weighted by Gasteiger charge is 2.23. The van der Waals surface area contributed by atoms with E-state index in [-0.39, 0.29) is 0 Å². The van der Waals surface area contributed by atoms with E-state index < -0.39 is 0 Å². The Bertz CT molecular complexity index is 301. The Kier molecular flexibility index (Phi) is 2.12. The van der Waals surface area contributed by atoms with E-state index in [4.69, 9.17) is 4.74 Å². The molecule has 0 aromatic heterocycles. The summed E-state index contributed by atoms with van der Waals surface area (Å²) < 4.78 is 5.25. The third-order valence-corrected chi connectivity index (χ3v) is 2.67. The molecule has 0 N–H and O–H groups in total. The monoisotopic (exact) mass is 176 g/mol. The molecule has 1 aromatic rings. The molecule has 1 aliphatic heterocycles. The summed E-state index contributed by atoms with van der Waals surface area (Å²) in [5, 5.41) is 0. The predicted octanol–water partition coefficient (Wildman–Crippen LogP) is 2.55. The minimum Gasteiger partial charge on any atom is -0.373 e. The number of aryl methyl sites for hydroxylation is 3. The molecule has 1 saturated heterocycles. The van der Waals surface area contributed by atoms with Gasteiger partial charge in [-0.3, -0.25) is 0 Å². The molecular formula is C12H16O. The van der Waals surface area contributed by atoms with E-state index in [1.807, 2.05) is 0 Å². The van der Waals surface area contributed by atoms with E-state index in [1.165, 1.54) is 22.3 Å². The molecule has 1 nitrogen and oxygen atoms in total. The number of hydrogen-bond acceptors (Lipinski definition) is 1. The Morgan fingerprint density at radius 3 is 2.23 bits per heavy atom. The number of hydrogen-bond donors (Lipinski definition) is 0. The summed E-state index contributed by atoms with van der Waals surface area (Å²) in [5.74, 6) is 0. The molecule has 1 heterocycles. The summed E-state index contributed by atoms with van der Waals surface area (Å²) in [6, 6.07) is 4.51. The van der Waals surface area contributed by atoms with Gasteiger partial charge < -0.3 is 4.74 Å². The molecular weight excluding hydrogens is 160 g/mol. The molecule has 2 rings (SSSR count). The molecule has 0 spiro atoms. The maximum absolute atomic E-state index is 5.25. The molecule has 1 atom stereocenters. The first-order chi connectivity index (χ1) is 6.16. The van der Waals surface area contributed by atoms with Crippen molar-refractivity contribution >= 4 is 0 Å². The molecule has 1 fully saturated rings. The van der Waals surface area contributed by atoms with E-state index in [2.05, 4.69) is 32.9 Å². The van der Waals surface area contributed by atoms with Crippen LogP contribution in [0.4, 0.5) is 0 Å². The van der Waals surface area contributed by atoms with Crippen LogP contribution in [0.15, 0.2) is 12.1 Å². The van der Waals surface area contributed by atoms with E-state index in [0.29, 0.717) is 6.10 Å². The van der Waals surface area contributed by atoms with Crippen molar-refractivity contribution in [3.63, 3.8) is 0 Å². The maximum atomic E-state index is 5.25. The normalized spacial score (nSPS) is 20.4. The maximum Gasteiger partial charge on any atom is 0.0850 e. The van der Waals surface area contributed by atoms with Crippen molar-refractivity contribution in [3.8, 4) is 0 Å². The molecule has 0 radical (unpaired) electrons. The number of ether oxygens (including phenoxy) is 1. The smallest absolute Gasteiger partial charge is 0.0850 e. The van der Waals surface area contributed by atoms with Crippen LogP contribution >= 0.6 is 0 Å². The molecule has 1 heteroatoms. The van der Waals surface area contributed by atoms with Gasteiger partial charge >= 0.3 is 0 Å². The Morgan fingerprint density at radius 1 is 1.23 bits per heavy atom. The van der Waals surface area contributed by atoms with Crippen molar-refractivity contribution < 1.29 is 4.74 Å². The third-order valence-electron chi connectivity index (χ3n) is 2.67. The lowest BCUT2D eigenvalue weighted by atomic mass is 9.96. The van der Waals surface area contributed by atoms with Crippen LogP contribution in [0.25, 0.3) is 0 Å². The van der Waals surface area contributed by atoms with Crippen LogP contribution in [0.1, 0.15) is 22.3 Å².